The van der Waals surface area contributed by atoms with Crippen LogP contribution in [0.15, 0.2) is 47.4 Å². The van der Waals surface area contributed by atoms with Gasteiger partial charge in [0, 0.05) is 11.8 Å². The standard InChI is InChI=1S/C19H20O6S/c1-23-17-11-13(12-18(24-2)19(17)25-3)5-10-16(20)14-6-8-15(9-7-14)26(4,21)22/h5-12H,1-4H3/b10-5+. The van der Waals surface area contributed by atoms with E-state index < -0.39 is 9.84 Å². The molecule has 0 aliphatic rings. The summed E-state index contributed by atoms with van der Waals surface area (Å²) in [6.07, 6.45) is 4.14. The van der Waals surface area contributed by atoms with Crippen molar-refractivity contribution < 1.29 is 27.4 Å². The highest BCUT2D eigenvalue weighted by Gasteiger charge is 2.12. The Labute approximate surface area is 152 Å². The quantitative estimate of drug-likeness (QED) is 0.546. The Kier molecular flexibility index (Phi) is 6.05. The second kappa shape index (κ2) is 8.05. The van der Waals surface area contributed by atoms with E-state index in [2.05, 4.69) is 0 Å². The first-order valence-electron chi connectivity index (χ1n) is 7.62. The molecule has 0 aromatic heterocycles. The number of carbonyl (C=O) groups is 1. The molecule has 0 amide bonds. The minimum absolute atomic E-state index is 0.169. The van der Waals surface area contributed by atoms with E-state index in [4.69, 9.17) is 14.2 Å². The van der Waals surface area contributed by atoms with Crippen molar-refractivity contribution in [2.24, 2.45) is 0 Å². The van der Waals surface area contributed by atoms with Gasteiger partial charge < -0.3 is 14.2 Å². The molecule has 0 saturated carbocycles. The molecule has 0 bridgehead atoms. The van der Waals surface area contributed by atoms with E-state index >= 15 is 0 Å². The van der Waals surface area contributed by atoms with Crippen LogP contribution in [0.1, 0.15) is 15.9 Å². The largest absolute Gasteiger partial charge is 0.493 e. The number of hydrogen-bond acceptors (Lipinski definition) is 6. The van der Waals surface area contributed by atoms with Crippen LogP contribution in [0, 0.1) is 0 Å². The van der Waals surface area contributed by atoms with Gasteiger partial charge in [-0.1, -0.05) is 6.08 Å². The molecule has 0 fully saturated rings. The molecule has 0 N–H and O–H groups in total. The summed E-state index contributed by atoms with van der Waals surface area (Å²) in [5.41, 5.74) is 1.08. The van der Waals surface area contributed by atoms with Crippen molar-refractivity contribution in [3.8, 4) is 17.2 Å². The first kappa shape index (κ1) is 19.5. The Balaban J connectivity index is 2.27. The van der Waals surface area contributed by atoms with Gasteiger partial charge in [-0.05, 0) is 48.0 Å². The van der Waals surface area contributed by atoms with E-state index in [9.17, 15) is 13.2 Å². The Morgan fingerprint density at radius 2 is 1.46 bits per heavy atom. The molecule has 0 aliphatic carbocycles. The Bertz CT molecular complexity index is 902. The van der Waals surface area contributed by atoms with Crippen LogP contribution in [-0.4, -0.2) is 41.8 Å². The lowest BCUT2D eigenvalue weighted by Crippen LogP contribution is -1.99. The maximum atomic E-state index is 12.3. The summed E-state index contributed by atoms with van der Waals surface area (Å²) in [5, 5.41) is 0. The zero-order chi connectivity index (χ0) is 19.3. The van der Waals surface area contributed by atoms with Gasteiger partial charge in [-0.25, -0.2) is 8.42 Å². The summed E-state index contributed by atoms with van der Waals surface area (Å²) >= 11 is 0. The first-order valence-corrected chi connectivity index (χ1v) is 9.52. The molecule has 0 atom stereocenters. The summed E-state index contributed by atoms with van der Waals surface area (Å²) in [6.45, 7) is 0. The number of methoxy groups -OCH3 is 3. The fourth-order valence-corrected chi connectivity index (χ4v) is 2.96. The maximum Gasteiger partial charge on any atom is 0.203 e. The fraction of sp³-hybridized carbons (Fsp3) is 0.211. The number of benzene rings is 2. The van der Waals surface area contributed by atoms with Gasteiger partial charge in [0.15, 0.2) is 27.1 Å². The lowest BCUT2D eigenvalue weighted by atomic mass is 10.1. The molecule has 7 heteroatoms. The molecule has 0 aliphatic heterocycles. The van der Waals surface area contributed by atoms with Crippen molar-refractivity contribution >= 4 is 21.7 Å². The molecule has 26 heavy (non-hydrogen) atoms. The molecule has 0 heterocycles. The molecule has 2 aromatic rings. The fourth-order valence-electron chi connectivity index (χ4n) is 2.33. The van der Waals surface area contributed by atoms with Crippen molar-refractivity contribution in [1.82, 2.24) is 0 Å². The van der Waals surface area contributed by atoms with Gasteiger partial charge in [-0.15, -0.1) is 0 Å². The van der Waals surface area contributed by atoms with Gasteiger partial charge in [0.25, 0.3) is 0 Å². The van der Waals surface area contributed by atoms with Crippen LogP contribution in [0.25, 0.3) is 6.08 Å². The van der Waals surface area contributed by atoms with Crippen LogP contribution >= 0.6 is 0 Å². The van der Waals surface area contributed by atoms with E-state index in [1.165, 1.54) is 51.7 Å². The zero-order valence-corrected chi connectivity index (χ0v) is 15.8. The molecule has 0 spiro atoms. The molecular formula is C19H20O6S. The summed E-state index contributed by atoms with van der Waals surface area (Å²) in [6, 6.07) is 9.23. The van der Waals surface area contributed by atoms with Crippen molar-refractivity contribution in [1.29, 1.82) is 0 Å². The summed E-state index contributed by atoms with van der Waals surface area (Å²) < 4.78 is 38.7. The lowest BCUT2D eigenvalue weighted by molar-refractivity contribution is 0.104. The number of ether oxygens (including phenoxy) is 3. The van der Waals surface area contributed by atoms with E-state index in [0.717, 1.165) is 6.26 Å². The smallest absolute Gasteiger partial charge is 0.203 e. The third-order valence-corrected chi connectivity index (χ3v) is 4.81. The molecule has 138 valence electrons. The van der Waals surface area contributed by atoms with Gasteiger partial charge in [-0.2, -0.15) is 0 Å². The Hall–Kier alpha value is -2.80. The van der Waals surface area contributed by atoms with E-state index in [-0.39, 0.29) is 10.7 Å². The van der Waals surface area contributed by atoms with Crippen molar-refractivity contribution in [2.45, 2.75) is 4.90 Å². The Morgan fingerprint density at radius 1 is 0.923 bits per heavy atom. The van der Waals surface area contributed by atoms with Gasteiger partial charge in [0.2, 0.25) is 5.75 Å². The van der Waals surface area contributed by atoms with Crippen LogP contribution in [0.5, 0.6) is 17.2 Å². The number of allylic oxidation sites excluding steroid dienone is 1. The van der Waals surface area contributed by atoms with Crippen molar-refractivity contribution in [2.75, 3.05) is 27.6 Å². The molecule has 2 aromatic carbocycles. The van der Waals surface area contributed by atoms with Crippen LogP contribution < -0.4 is 14.2 Å². The number of carbonyl (C=O) groups excluding carboxylic acids is 1. The Morgan fingerprint density at radius 3 is 1.88 bits per heavy atom. The minimum Gasteiger partial charge on any atom is -0.493 e. The summed E-state index contributed by atoms with van der Waals surface area (Å²) in [7, 11) is 1.25. The third-order valence-electron chi connectivity index (χ3n) is 3.68. The van der Waals surface area contributed by atoms with E-state index in [0.29, 0.717) is 28.4 Å². The molecule has 0 saturated heterocycles. The van der Waals surface area contributed by atoms with Gasteiger partial charge in [-0.3, -0.25) is 4.79 Å². The van der Waals surface area contributed by atoms with E-state index in [1.807, 2.05) is 0 Å². The van der Waals surface area contributed by atoms with Crippen molar-refractivity contribution in [3.63, 3.8) is 0 Å². The number of hydrogen-bond donors (Lipinski definition) is 0. The zero-order valence-electron chi connectivity index (χ0n) is 15.0. The maximum absolute atomic E-state index is 12.3. The van der Waals surface area contributed by atoms with Crippen LogP contribution in [-0.2, 0) is 9.84 Å². The number of sulfone groups is 1. The first-order chi connectivity index (χ1) is 12.3. The predicted octanol–water partition coefficient (Wildman–Crippen LogP) is 3.01. The minimum atomic E-state index is -3.29. The normalized spacial score (nSPS) is 11.4. The highest BCUT2D eigenvalue weighted by Crippen LogP contribution is 2.38. The molecule has 0 unspecified atom stereocenters. The highest BCUT2D eigenvalue weighted by atomic mass is 32.2. The lowest BCUT2D eigenvalue weighted by Gasteiger charge is -2.12. The monoisotopic (exact) mass is 376 g/mol. The highest BCUT2D eigenvalue weighted by molar-refractivity contribution is 7.90. The van der Waals surface area contributed by atoms with Gasteiger partial charge >= 0.3 is 0 Å². The number of ketones is 1. The van der Waals surface area contributed by atoms with Crippen LogP contribution in [0.3, 0.4) is 0 Å². The summed E-state index contributed by atoms with van der Waals surface area (Å²) in [4.78, 5) is 12.5. The second-order valence-corrected chi connectivity index (χ2v) is 7.47. The molecular weight excluding hydrogens is 356 g/mol. The van der Waals surface area contributed by atoms with Gasteiger partial charge in [0.1, 0.15) is 0 Å². The average molecular weight is 376 g/mol. The third kappa shape index (κ3) is 4.43. The summed E-state index contributed by atoms with van der Waals surface area (Å²) in [5.74, 6) is 1.18. The van der Waals surface area contributed by atoms with Crippen LogP contribution in [0.2, 0.25) is 0 Å². The topological polar surface area (TPSA) is 78.9 Å². The predicted molar refractivity (Wildman–Crippen MR) is 99.0 cm³/mol. The molecule has 0 radical (unpaired) electrons. The second-order valence-electron chi connectivity index (χ2n) is 5.45. The van der Waals surface area contributed by atoms with Gasteiger partial charge in [0.05, 0.1) is 26.2 Å². The molecule has 2 rings (SSSR count). The average Bonchev–Trinajstić information content (AvgIpc) is 2.64. The van der Waals surface area contributed by atoms with Crippen LogP contribution in [0.4, 0.5) is 0 Å². The molecule has 6 nitrogen and oxygen atoms in total. The van der Waals surface area contributed by atoms with Crippen molar-refractivity contribution in [3.05, 3.63) is 53.6 Å². The van der Waals surface area contributed by atoms with E-state index in [1.54, 1.807) is 18.2 Å². The SMILES string of the molecule is COc1cc(/C=C/C(=O)c2ccc(S(C)(=O)=O)cc2)cc(OC)c1OC. The number of rotatable bonds is 7.